The van der Waals surface area contributed by atoms with E-state index in [0.29, 0.717) is 10.8 Å². The molecule has 2 amide bonds. The lowest BCUT2D eigenvalue weighted by atomic mass is 9.98. The maximum atomic E-state index is 12.7. The molecule has 0 aliphatic heterocycles. The first kappa shape index (κ1) is 17.2. The minimum atomic E-state index is -0.632. The normalized spacial score (nSPS) is 13.4. The lowest BCUT2D eigenvalue weighted by Crippen LogP contribution is -2.47. The number of hydrogen-bond donors (Lipinski definition) is 3. The number of aromatic nitrogens is 2. The third kappa shape index (κ3) is 3.88. The molecule has 2 heterocycles. The Morgan fingerprint density at radius 2 is 2.04 bits per heavy atom. The van der Waals surface area contributed by atoms with Gasteiger partial charge in [-0.15, -0.1) is 11.3 Å². The SMILES string of the molecule is CC[C@@H](C)[C@H](NC(=O)c1cccs1)C(=O)Nc1nc2ccccc2[nH]1. The number of nitrogens with one attached hydrogen (secondary N) is 3. The molecule has 7 heteroatoms. The Bertz CT molecular complexity index is 839. The summed E-state index contributed by atoms with van der Waals surface area (Å²) in [5, 5.41) is 7.46. The summed E-state index contributed by atoms with van der Waals surface area (Å²) in [6.45, 7) is 3.93. The summed E-state index contributed by atoms with van der Waals surface area (Å²) in [5.41, 5.74) is 1.63. The molecule has 2 atom stereocenters. The largest absolute Gasteiger partial charge is 0.339 e. The van der Waals surface area contributed by atoms with E-state index in [1.165, 1.54) is 11.3 Å². The summed E-state index contributed by atoms with van der Waals surface area (Å²) in [4.78, 5) is 33.0. The fourth-order valence-corrected chi connectivity index (χ4v) is 3.16. The van der Waals surface area contributed by atoms with Gasteiger partial charge in [-0.1, -0.05) is 38.5 Å². The fraction of sp³-hybridized carbons (Fsp3) is 0.278. The highest BCUT2D eigenvalue weighted by molar-refractivity contribution is 7.12. The molecule has 0 saturated heterocycles. The second-order valence-corrected chi connectivity index (χ2v) is 6.85. The molecule has 0 aliphatic carbocycles. The number of H-pyrrole nitrogens is 1. The summed E-state index contributed by atoms with van der Waals surface area (Å²) >= 11 is 1.35. The van der Waals surface area contributed by atoms with Gasteiger partial charge in [0.2, 0.25) is 11.9 Å². The maximum Gasteiger partial charge on any atom is 0.262 e. The number of para-hydroxylation sites is 2. The number of aromatic amines is 1. The molecule has 25 heavy (non-hydrogen) atoms. The van der Waals surface area contributed by atoms with Gasteiger partial charge in [-0.05, 0) is 29.5 Å². The zero-order valence-corrected chi connectivity index (χ0v) is 14.9. The van der Waals surface area contributed by atoms with Crippen molar-refractivity contribution in [2.75, 3.05) is 5.32 Å². The van der Waals surface area contributed by atoms with E-state index in [2.05, 4.69) is 20.6 Å². The number of fused-ring (bicyclic) bond motifs is 1. The van der Waals surface area contributed by atoms with Crippen molar-refractivity contribution >= 4 is 40.1 Å². The number of carbonyl (C=O) groups excluding carboxylic acids is 2. The Morgan fingerprint density at radius 1 is 1.24 bits per heavy atom. The van der Waals surface area contributed by atoms with E-state index >= 15 is 0 Å². The lowest BCUT2D eigenvalue weighted by molar-refractivity contribution is -0.119. The fourth-order valence-electron chi connectivity index (χ4n) is 2.53. The summed E-state index contributed by atoms with van der Waals surface area (Å²) in [7, 11) is 0. The van der Waals surface area contributed by atoms with Gasteiger partial charge in [-0.2, -0.15) is 0 Å². The molecule has 130 valence electrons. The minimum absolute atomic E-state index is 0.00621. The van der Waals surface area contributed by atoms with Gasteiger partial charge in [0.05, 0.1) is 15.9 Å². The average molecular weight is 356 g/mol. The number of hydrogen-bond acceptors (Lipinski definition) is 4. The van der Waals surface area contributed by atoms with Crippen LogP contribution in [-0.4, -0.2) is 27.8 Å². The minimum Gasteiger partial charge on any atom is -0.339 e. The first-order valence-corrected chi connectivity index (χ1v) is 9.06. The van der Waals surface area contributed by atoms with E-state index in [1.807, 2.05) is 49.6 Å². The molecule has 0 fully saturated rings. The van der Waals surface area contributed by atoms with Gasteiger partial charge in [-0.3, -0.25) is 14.9 Å². The zero-order valence-electron chi connectivity index (χ0n) is 14.1. The van der Waals surface area contributed by atoms with Crippen LogP contribution in [-0.2, 0) is 4.79 Å². The second kappa shape index (κ2) is 7.48. The van der Waals surface area contributed by atoms with E-state index < -0.39 is 6.04 Å². The molecule has 0 saturated carbocycles. The molecule has 2 aromatic heterocycles. The number of rotatable bonds is 6. The highest BCUT2D eigenvalue weighted by Gasteiger charge is 2.27. The molecule has 0 radical (unpaired) electrons. The Morgan fingerprint density at radius 3 is 2.72 bits per heavy atom. The molecular weight excluding hydrogens is 336 g/mol. The molecule has 0 spiro atoms. The zero-order chi connectivity index (χ0) is 17.8. The van der Waals surface area contributed by atoms with Crippen LogP contribution in [0.3, 0.4) is 0 Å². The van der Waals surface area contributed by atoms with Crippen molar-refractivity contribution in [1.82, 2.24) is 15.3 Å². The molecule has 3 N–H and O–H groups in total. The molecule has 0 unspecified atom stereocenters. The molecular formula is C18H20N4O2S. The molecule has 3 aromatic rings. The number of benzene rings is 1. The first-order chi connectivity index (χ1) is 12.1. The van der Waals surface area contributed by atoms with Gasteiger partial charge in [0, 0.05) is 0 Å². The molecule has 0 bridgehead atoms. The van der Waals surface area contributed by atoms with Crippen LogP contribution in [0.15, 0.2) is 41.8 Å². The Hall–Kier alpha value is -2.67. The molecule has 3 rings (SSSR count). The average Bonchev–Trinajstić information content (AvgIpc) is 3.27. The molecule has 0 aliphatic rings. The van der Waals surface area contributed by atoms with Crippen molar-refractivity contribution in [2.24, 2.45) is 5.92 Å². The Labute approximate surface area is 149 Å². The van der Waals surface area contributed by atoms with Crippen molar-refractivity contribution in [3.8, 4) is 0 Å². The van der Waals surface area contributed by atoms with Crippen LogP contribution in [0.4, 0.5) is 5.95 Å². The van der Waals surface area contributed by atoms with Crippen molar-refractivity contribution in [2.45, 2.75) is 26.3 Å². The summed E-state index contributed by atoms with van der Waals surface area (Å²) < 4.78 is 0. The summed E-state index contributed by atoms with van der Waals surface area (Å²) in [6.07, 6.45) is 0.767. The summed E-state index contributed by atoms with van der Waals surface area (Å²) in [6, 6.07) is 10.5. The number of thiophene rings is 1. The molecule has 1 aromatic carbocycles. The van der Waals surface area contributed by atoms with Crippen LogP contribution < -0.4 is 10.6 Å². The number of carbonyl (C=O) groups is 2. The van der Waals surface area contributed by atoms with Crippen LogP contribution in [0.25, 0.3) is 11.0 Å². The Kier molecular flexibility index (Phi) is 5.14. The van der Waals surface area contributed by atoms with Gasteiger partial charge in [0.25, 0.3) is 5.91 Å². The van der Waals surface area contributed by atoms with Gasteiger partial charge < -0.3 is 10.3 Å². The number of anilines is 1. The standard InChI is InChI=1S/C18H20N4O2S/c1-3-11(2)15(21-16(23)14-9-6-10-25-14)17(24)22-18-19-12-7-4-5-8-13(12)20-18/h4-11,15H,3H2,1-2H3,(H,21,23)(H2,19,20,22,24)/t11-,15+/m1/s1. The van der Waals surface area contributed by atoms with Gasteiger partial charge >= 0.3 is 0 Å². The molecule has 6 nitrogen and oxygen atoms in total. The van der Waals surface area contributed by atoms with E-state index in [1.54, 1.807) is 6.07 Å². The predicted molar refractivity (Wildman–Crippen MR) is 99.8 cm³/mol. The second-order valence-electron chi connectivity index (χ2n) is 5.91. The number of imidazole rings is 1. The quantitative estimate of drug-likeness (QED) is 0.632. The third-order valence-electron chi connectivity index (χ3n) is 4.16. The van der Waals surface area contributed by atoms with Crippen molar-refractivity contribution < 1.29 is 9.59 Å². The number of amides is 2. The van der Waals surface area contributed by atoms with Crippen molar-refractivity contribution in [3.63, 3.8) is 0 Å². The van der Waals surface area contributed by atoms with Crippen molar-refractivity contribution in [1.29, 1.82) is 0 Å². The Balaban J connectivity index is 1.75. The van der Waals surface area contributed by atoms with E-state index in [9.17, 15) is 9.59 Å². The van der Waals surface area contributed by atoms with Gasteiger partial charge in [0.15, 0.2) is 0 Å². The first-order valence-electron chi connectivity index (χ1n) is 8.18. The third-order valence-corrected chi connectivity index (χ3v) is 5.03. The monoisotopic (exact) mass is 356 g/mol. The topological polar surface area (TPSA) is 86.9 Å². The summed E-state index contributed by atoms with van der Waals surface area (Å²) in [5.74, 6) is -0.142. The van der Waals surface area contributed by atoms with Crippen LogP contribution in [0.1, 0.15) is 29.9 Å². The smallest absolute Gasteiger partial charge is 0.262 e. The van der Waals surface area contributed by atoms with Crippen LogP contribution >= 0.6 is 11.3 Å². The highest BCUT2D eigenvalue weighted by Crippen LogP contribution is 2.16. The number of nitrogens with zero attached hydrogens (tertiary/aromatic N) is 1. The maximum absolute atomic E-state index is 12.7. The highest BCUT2D eigenvalue weighted by atomic mass is 32.1. The van der Waals surface area contributed by atoms with Crippen LogP contribution in [0.2, 0.25) is 0 Å². The van der Waals surface area contributed by atoms with Gasteiger partial charge in [-0.25, -0.2) is 4.98 Å². The van der Waals surface area contributed by atoms with E-state index in [4.69, 9.17) is 0 Å². The predicted octanol–water partition coefficient (Wildman–Crippen LogP) is 3.41. The van der Waals surface area contributed by atoms with Gasteiger partial charge in [0.1, 0.15) is 6.04 Å². The van der Waals surface area contributed by atoms with Crippen molar-refractivity contribution in [3.05, 3.63) is 46.7 Å². The van der Waals surface area contributed by atoms with Crippen LogP contribution in [0, 0.1) is 5.92 Å². The van der Waals surface area contributed by atoms with E-state index in [-0.39, 0.29) is 17.7 Å². The lowest BCUT2D eigenvalue weighted by Gasteiger charge is -2.22. The van der Waals surface area contributed by atoms with E-state index in [0.717, 1.165) is 17.5 Å². The van der Waals surface area contributed by atoms with Crippen LogP contribution in [0.5, 0.6) is 0 Å².